The smallest absolute Gasteiger partial charge is 0.343 e. The molecule has 1 heterocycles. The highest BCUT2D eigenvalue weighted by molar-refractivity contribution is 5.77. The Morgan fingerprint density at radius 3 is 2.68 bits per heavy atom. The highest BCUT2D eigenvalue weighted by atomic mass is 16.6. The third kappa shape index (κ3) is 3.05. The molecule has 0 fully saturated rings. The summed E-state index contributed by atoms with van der Waals surface area (Å²) in [6.45, 7) is 3.11. The zero-order chi connectivity index (χ0) is 16.3. The molecule has 1 aromatic carbocycles. The topological polar surface area (TPSA) is 105 Å². The zero-order valence-electron chi connectivity index (χ0n) is 12.3. The van der Waals surface area contributed by atoms with Crippen LogP contribution in [0.3, 0.4) is 0 Å². The number of ether oxygens (including phenoxy) is 2. The summed E-state index contributed by atoms with van der Waals surface area (Å²) < 4.78 is 15.0. The average Bonchev–Trinajstić information content (AvgIpc) is 2.83. The Kier molecular flexibility index (Phi) is 4.40. The maximum atomic E-state index is 11.2. The van der Waals surface area contributed by atoms with E-state index in [1.807, 2.05) is 0 Å². The van der Waals surface area contributed by atoms with Crippen molar-refractivity contribution >= 4 is 11.7 Å². The van der Waals surface area contributed by atoms with E-state index in [1.54, 1.807) is 13.8 Å². The largest absolute Gasteiger partial charge is 0.481 e. The summed E-state index contributed by atoms with van der Waals surface area (Å²) in [7, 11) is 1.25. The molecule has 22 heavy (non-hydrogen) atoms. The summed E-state index contributed by atoms with van der Waals surface area (Å²) in [5.74, 6) is 0.259. The van der Waals surface area contributed by atoms with Crippen LogP contribution in [-0.4, -0.2) is 29.8 Å². The van der Waals surface area contributed by atoms with Gasteiger partial charge in [0, 0.05) is 17.7 Å². The summed E-state index contributed by atoms with van der Waals surface area (Å²) in [5, 5.41) is 14.8. The fourth-order valence-corrected chi connectivity index (χ4v) is 2.02. The van der Waals surface area contributed by atoms with Crippen LogP contribution in [0.2, 0.25) is 0 Å². The van der Waals surface area contributed by atoms with Crippen LogP contribution in [0, 0.1) is 24.0 Å². The Morgan fingerprint density at radius 2 is 2.14 bits per heavy atom. The van der Waals surface area contributed by atoms with Crippen LogP contribution in [0.1, 0.15) is 11.5 Å². The highest BCUT2D eigenvalue weighted by Gasteiger charge is 2.20. The monoisotopic (exact) mass is 306 g/mol. The Morgan fingerprint density at radius 1 is 1.41 bits per heavy atom. The third-order valence-corrected chi connectivity index (χ3v) is 3.05. The van der Waals surface area contributed by atoms with E-state index in [1.165, 1.54) is 25.3 Å². The Hall–Kier alpha value is -2.90. The van der Waals surface area contributed by atoms with Gasteiger partial charge >= 0.3 is 5.97 Å². The van der Waals surface area contributed by atoms with Crippen LogP contribution in [0.5, 0.6) is 5.75 Å². The molecule has 0 bridgehead atoms. The molecule has 0 atom stereocenters. The van der Waals surface area contributed by atoms with Crippen molar-refractivity contribution < 1.29 is 23.7 Å². The molecule has 0 saturated heterocycles. The lowest BCUT2D eigenvalue weighted by molar-refractivity contribution is -0.384. The summed E-state index contributed by atoms with van der Waals surface area (Å²) in [4.78, 5) is 21.7. The van der Waals surface area contributed by atoms with Crippen molar-refractivity contribution in [2.24, 2.45) is 0 Å². The second kappa shape index (κ2) is 6.25. The first-order valence-corrected chi connectivity index (χ1v) is 6.35. The van der Waals surface area contributed by atoms with Crippen molar-refractivity contribution in [2.45, 2.75) is 13.8 Å². The van der Waals surface area contributed by atoms with Crippen LogP contribution in [0.15, 0.2) is 22.7 Å². The molecule has 0 unspecified atom stereocenters. The number of benzene rings is 1. The van der Waals surface area contributed by atoms with E-state index in [0.717, 1.165) is 0 Å². The molecular formula is C14H14N2O6. The number of non-ortho nitro benzene ring substituents is 1. The maximum Gasteiger partial charge on any atom is 0.343 e. The second-order valence-electron chi connectivity index (χ2n) is 4.50. The number of aryl methyl sites for hydroxylation is 2. The number of hydrogen-bond acceptors (Lipinski definition) is 7. The van der Waals surface area contributed by atoms with E-state index in [2.05, 4.69) is 9.89 Å². The minimum absolute atomic E-state index is 0.0968. The van der Waals surface area contributed by atoms with Gasteiger partial charge in [-0.3, -0.25) is 10.1 Å². The molecule has 0 saturated carbocycles. The molecule has 8 heteroatoms. The Balaban J connectivity index is 2.49. The Bertz CT molecular complexity index is 703. The van der Waals surface area contributed by atoms with E-state index in [0.29, 0.717) is 28.3 Å². The SMILES string of the molecule is COC(=O)COc1ccc([N+](=O)[O-])cc1-c1c(C)noc1C. The first kappa shape index (κ1) is 15.5. The molecule has 2 aromatic rings. The second-order valence-corrected chi connectivity index (χ2v) is 4.50. The maximum absolute atomic E-state index is 11.2. The minimum atomic E-state index is -0.553. The molecule has 2 rings (SSSR count). The van der Waals surface area contributed by atoms with Crippen LogP contribution in [-0.2, 0) is 9.53 Å². The number of esters is 1. The van der Waals surface area contributed by atoms with Gasteiger partial charge in [0.15, 0.2) is 6.61 Å². The minimum Gasteiger partial charge on any atom is -0.481 e. The molecule has 0 aliphatic heterocycles. The van der Waals surface area contributed by atoms with E-state index < -0.39 is 10.9 Å². The molecule has 0 aliphatic rings. The molecule has 0 aliphatic carbocycles. The van der Waals surface area contributed by atoms with Gasteiger partial charge in [-0.15, -0.1) is 0 Å². The number of rotatable bonds is 5. The van der Waals surface area contributed by atoms with Gasteiger partial charge in [0.2, 0.25) is 0 Å². The van der Waals surface area contributed by atoms with Crippen molar-refractivity contribution in [1.29, 1.82) is 0 Å². The van der Waals surface area contributed by atoms with Gasteiger partial charge in [-0.1, -0.05) is 5.16 Å². The van der Waals surface area contributed by atoms with Gasteiger partial charge in [-0.2, -0.15) is 0 Å². The molecule has 1 aromatic heterocycles. The quantitative estimate of drug-likeness (QED) is 0.474. The average molecular weight is 306 g/mol. The number of nitro groups is 1. The van der Waals surface area contributed by atoms with Gasteiger partial charge in [0.25, 0.3) is 5.69 Å². The predicted octanol–water partition coefficient (Wildman–Crippen LogP) is 2.42. The molecule has 116 valence electrons. The number of methoxy groups -OCH3 is 1. The lowest BCUT2D eigenvalue weighted by Gasteiger charge is -2.10. The molecular weight excluding hydrogens is 292 g/mol. The van der Waals surface area contributed by atoms with Crippen LogP contribution < -0.4 is 4.74 Å². The lowest BCUT2D eigenvalue weighted by atomic mass is 10.0. The van der Waals surface area contributed by atoms with Crippen LogP contribution >= 0.6 is 0 Å². The number of hydrogen-bond donors (Lipinski definition) is 0. The zero-order valence-corrected chi connectivity index (χ0v) is 12.3. The van der Waals surface area contributed by atoms with Crippen molar-refractivity contribution in [3.05, 3.63) is 39.8 Å². The first-order chi connectivity index (χ1) is 10.4. The van der Waals surface area contributed by atoms with Gasteiger partial charge in [0.05, 0.1) is 23.3 Å². The van der Waals surface area contributed by atoms with Crippen LogP contribution in [0.25, 0.3) is 11.1 Å². The molecule has 0 amide bonds. The highest BCUT2D eigenvalue weighted by Crippen LogP contribution is 2.37. The fourth-order valence-electron chi connectivity index (χ4n) is 2.02. The number of carbonyl (C=O) groups is 1. The van der Waals surface area contributed by atoms with E-state index in [9.17, 15) is 14.9 Å². The summed E-state index contributed by atoms with van der Waals surface area (Å²) in [5.41, 5.74) is 1.51. The third-order valence-electron chi connectivity index (χ3n) is 3.05. The number of nitro benzene ring substituents is 1. The molecule has 0 radical (unpaired) electrons. The van der Waals surface area contributed by atoms with Gasteiger partial charge < -0.3 is 14.0 Å². The number of carbonyl (C=O) groups excluding carboxylic acids is 1. The van der Waals surface area contributed by atoms with Crippen molar-refractivity contribution in [2.75, 3.05) is 13.7 Å². The summed E-state index contributed by atoms with van der Waals surface area (Å²) >= 11 is 0. The molecule has 0 N–H and O–H groups in total. The fraction of sp³-hybridized carbons (Fsp3) is 0.286. The normalized spacial score (nSPS) is 10.3. The van der Waals surface area contributed by atoms with Crippen molar-refractivity contribution in [1.82, 2.24) is 5.16 Å². The number of aromatic nitrogens is 1. The standard InChI is InChI=1S/C14H14N2O6/c1-8-14(9(2)22-15-8)11-6-10(16(18)19)4-5-12(11)21-7-13(17)20-3/h4-6H,7H2,1-3H3. The Labute approximate surface area is 125 Å². The first-order valence-electron chi connectivity index (χ1n) is 6.35. The lowest BCUT2D eigenvalue weighted by Crippen LogP contribution is -2.13. The van der Waals surface area contributed by atoms with Gasteiger partial charge in [-0.25, -0.2) is 4.79 Å². The van der Waals surface area contributed by atoms with Crippen LogP contribution in [0.4, 0.5) is 5.69 Å². The summed E-state index contributed by atoms with van der Waals surface area (Å²) in [6.07, 6.45) is 0. The van der Waals surface area contributed by atoms with E-state index in [4.69, 9.17) is 9.26 Å². The predicted molar refractivity (Wildman–Crippen MR) is 75.6 cm³/mol. The van der Waals surface area contributed by atoms with Crippen molar-refractivity contribution in [3.8, 4) is 16.9 Å². The van der Waals surface area contributed by atoms with Gasteiger partial charge in [-0.05, 0) is 19.9 Å². The molecule has 8 nitrogen and oxygen atoms in total. The molecule has 0 spiro atoms. The summed E-state index contributed by atoms with van der Waals surface area (Å²) in [6, 6.07) is 4.09. The number of nitrogens with zero attached hydrogens (tertiary/aromatic N) is 2. The van der Waals surface area contributed by atoms with Crippen molar-refractivity contribution in [3.63, 3.8) is 0 Å². The van der Waals surface area contributed by atoms with E-state index in [-0.39, 0.29) is 12.3 Å². The van der Waals surface area contributed by atoms with E-state index >= 15 is 0 Å². The van der Waals surface area contributed by atoms with Gasteiger partial charge in [0.1, 0.15) is 11.5 Å².